The molecular formula is C19H13F2NO3S. The van der Waals surface area contributed by atoms with E-state index in [1.165, 1.54) is 11.8 Å². The summed E-state index contributed by atoms with van der Waals surface area (Å²) in [6, 6.07) is 11.2. The van der Waals surface area contributed by atoms with Gasteiger partial charge in [0.1, 0.15) is 10.9 Å². The van der Waals surface area contributed by atoms with E-state index in [0.717, 1.165) is 17.7 Å². The van der Waals surface area contributed by atoms with Crippen molar-refractivity contribution in [3.05, 3.63) is 75.4 Å². The summed E-state index contributed by atoms with van der Waals surface area (Å²) >= 11 is 1.32. The Morgan fingerprint density at radius 3 is 2.58 bits per heavy atom. The minimum Gasteiger partial charge on any atom is -0.462 e. The number of esters is 1. The smallest absolute Gasteiger partial charge is 0.344 e. The van der Waals surface area contributed by atoms with Crippen LogP contribution in [0.15, 0.2) is 52.3 Å². The number of carbonyl (C=O) groups is 1. The van der Waals surface area contributed by atoms with Crippen molar-refractivity contribution in [3.8, 4) is 0 Å². The molecule has 0 bridgehead atoms. The predicted octanol–water partition coefficient (Wildman–Crippen LogP) is 4.11. The molecule has 132 valence electrons. The Kier molecular flexibility index (Phi) is 4.03. The Morgan fingerprint density at radius 2 is 1.88 bits per heavy atom. The van der Waals surface area contributed by atoms with Crippen molar-refractivity contribution in [1.29, 1.82) is 0 Å². The SMILES string of the molecule is CCOC(=O)c1c2n(c3cc(F)c(F)cc3c1=O)C(c1ccccc1)S2. The number of carbonyl (C=O) groups excluding carboxylic acids is 1. The lowest BCUT2D eigenvalue weighted by molar-refractivity contribution is 0.0518. The summed E-state index contributed by atoms with van der Waals surface area (Å²) in [4.78, 5) is 25.0. The van der Waals surface area contributed by atoms with Crippen molar-refractivity contribution in [2.24, 2.45) is 0 Å². The number of thioether (sulfide) groups is 1. The van der Waals surface area contributed by atoms with E-state index in [9.17, 15) is 18.4 Å². The summed E-state index contributed by atoms with van der Waals surface area (Å²) in [5.41, 5.74) is 0.393. The van der Waals surface area contributed by atoms with Gasteiger partial charge in [0.2, 0.25) is 5.43 Å². The minimum absolute atomic E-state index is 0.0445. The van der Waals surface area contributed by atoms with Gasteiger partial charge in [0.25, 0.3) is 0 Å². The van der Waals surface area contributed by atoms with Gasteiger partial charge in [-0.25, -0.2) is 13.6 Å². The van der Waals surface area contributed by atoms with Crippen LogP contribution in [-0.4, -0.2) is 17.1 Å². The van der Waals surface area contributed by atoms with Crippen molar-refractivity contribution >= 4 is 28.6 Å². The standard InChI is InChI=1S/C19H13F2NO3S/c1-2-25-19(24)15-16(23)11-8-12(20)13(21)9-14(11)22-17(26-18(15)22)10-6-4-3-5-7-10/h3-9,17H,2H2,1H3. The van der Waals surface area contributed by atoms with Gasteiger partial charge >= 0.3 is 5.97 Å². The number of fused-ring (bicyclic) bond motifs is 3. The molecule has 4 nitrogen and oxygen atoms in total. The predicted molar refractivity (Wildman–Crippen MR) is 94.5 cm³/mol. The Balaban J connectivity index is 2.03. The minimum atomic E-state index is -1.13. The third kappa shape index (κ3) is 2.42. The van der Waals surface area contributed by atoms with E-state index in [-0.39, 0.29) is 28.4 Å². The van der Waals surface area contributed by atoms with Crippen molar-refractivity contribution < 1.29 is 18.3 Å². The molecule has 2 aromatic carbocycles. The fourth-order valence-corrected chi connectivity index (χ4v) is 4.33. The highest BCUT2D eigenvalue weighted by molar-refractivity contribution is 8.00. The van der Waals surface area contributed by atoms with Crippen LogP contribution in [0.3, 0.4) is 0 Å². The van der Waals surface area contributed by atoms with Crippen LogP contribution in [0.25, 0.3) is 10.9 Å². The first-order chi connectivity index (χ1) is 12.5. The van der Waals surface area contributed by atoms with Gasteiger partial charge in [-0.1, -0.05) is 42.1 Å². The molecule has 2 heterocycles. The molecule has 0 saturated heterocycles. The summed E-state index contributed by atoms with van der Waals surface area (Å²) in [5, 5.41) is 0.116. The number of benzene rings is 2. The Bertz CT molecular complexity index is 1100. The number of rotatable bonds is 3. The molecule has 0 N–H and O–H groups in total. The average molecular weight is 373 g/mol. The van der Waals surface area contributed by atoms with Gasteiger partial charge in [0.05, 0.1) is 17.1 Å². The highest BCUT2D eigenvalue weighted by Crippen LogP contribution is 2.50. The monoisotopic (exact) mass is 373 g/mol. The van der Waals surface area contributed by atoms with E-state index >= 15 is 0 Å². The number of aromatic nitrogens is 1. The second-order valence-electron chi connectivity index (χ2n) is 5.76. The number of hydrogen-bond acceptors (Lipinski definition) is 4. The van der Waals surface area contributed by atoms with Gasteiger partial charge in [-0.3, -0.25) is 4.79 Å². The van der Waals surface area contributed by atoms with Gasteiger partial charge in [0.15, 0.2) is 11.6 Å². The molecule has 0 aliphatic carbocycles. The molecule has 3 aromatic rings. The maximum Gasteiger partial charge on any atom is 0.344 e. The van der Waals surface area contributed by atoms with E-state index in [0.29, 0.717) is 5.03 Å². The first-order valence-electron chi connectivity index (χ1n) is 7.99. The van der Waals surface area contributed by atoms with Gasteiger partial charge in [0, 0.05) is 11.5 Å². The van der Waals surface area contributed by atoms with Crippen molar-refractivity contribution in [2.75, 3.05) is 6.61 Å². The molecule has 4 rings (SSSR count). The zero-order valence-electron chi connectivity index (χ0n) is 13.7. The van der Waals surface area contributed by atoms with Gasteiger partial charge in [-0.05, 0) is 18.6 Å². The maximum absolute atomic E-state index is 13.8. The fraction of sp³-hybridized carbons (Fsp3) is 0.158. The molecule has 1 aromatic heterocycles. The Labute approximate surface area is 151 Å². The molecule has 0 saturated carbocycles. The zero-order chi connectivity index (χ0) is 18.4. The molecule has 0 amide bonds. The summed E-state index contributed by atoms with van der Waals surface area (Å²) in [6.45, 7) is 1.75. The molecule has 0 spiro atoms. The van der Waals surface area contributed by atoms with Crippen LogP contribution in [0.4, 0.5) is 8.78 Å². The summed E-state index contributed by atoms with van der Waals surface area (Å²) in [6.07, 6.45) is 0. The molecule has 1 atom stereocenters. The first-order valence-corrected chi connectivity index (χ1v) is 8.87. The molecule has 1 unspecified atom stereocenters. The van der Waals surface area contributed by atoms with E-state index in [2.05, 4.69) is 0 Å². The number of ether oxygens (including phenoxy) is 1. The molecule has 1 aliphatic heterocycles. The number of hydrogen-bond donors (Lipinski definition) is 0. The van der Waals surface area contributed by atoms with Crippen LogP contribution in [-0.2, 0) is 4.74 Å². The molecule has 0 radical (unpaired) electrons. The molecule has 1 aliphatic rings. The van der Waals surface area contributed by atoms with Crippen LogP contribution in [0.5, 0.6) is 0 Å². The van der Waals surface area contributed by atoms with E-state index in [1.807, 2.05) is 30.3 Å². The second kappa shape index (κ2) is 6.25. The lowest BCUT2D eigenvalue weighted by Crippen LogP contribution is -2.30. The number of pyridine rings is 1. The number of nitrogens with zero attached hydrogens (tertiary/aromatic N) is 1. The van der Waals surface area contributed by atoms with E-state index < -0.39 is 23.0 Å². The number of halogens is 2. The molecule has 0 fully saturated rings. The van der Waals surface area contributed by atoms with Crippen LogP contribution >= 0.6 is 11.8 Å². The molecule has 26 heavy (non-hydrogen) atoms. The molecule has 7 heteroatoms. The lowest BCUT2D eigenvalue weighted by atomic mass is 10.1. The van der Waals surface area contributed by atoms with Crippen LogP contribution in [0, 0.1) is 11.6 Å². The fourth-order valence-electron chi connectivity index (χ4n) is 3.06. The van der Waals surface area contributed by atoms with Crippen LogP contribution < -0.4 is 5.43 Å². The zero-order valence-corrected chi connectivity index (χ0v) is 14.5. The summed E-state index contributed by atoms with van der Waals surface area (Å²) in [7, 11) is 0. The second-order valence-corrected chi connectivity index (χ2v) is 6.83. The van der Waals surface area contributed by atoms with Crippen molar-refractivity contribution in [1.82, 2.24) is 4.57 Å². The Hall–Kier alpha value is -2.67. The Morgan fingerprint density at radius 1 is 1.19 bits per heavy atom. The maximum atomic E-state index is 13.8. The highest BCUT2D eigenvalue weighted by Gasteiger charge is 2.36. The van der Waals surface area contributed by atoms with Crippen molar-refractivity contribution in [2.45, 2.75) is 17.3 Å². The van der Waals surface area contributed by atoms with Gasteiger partial charge in [-0.2, -0.15) is 0 Å². The van der Waals surface area contributed by atoms with Gasteiger partial charge in [-0.15, -0.1) is 0 Å². The topological polar surface area (TPSA) is 48.3 Å². The summed E-state index contributed by atoms with van der Waals surface area (Å²) in [5.74, 6) is -2.93. The first kappa shape index (κ1) is 16.8. The normalized spacial score (nSPS) is 15.4. The van der Waals surface area contributed by atoms with E-state index in [1.54, 1.807) is 11.5 Å². The van der Waals surface area contributed by atoms with Crippen molar-refractivity contribution in [3.63, 3.8) is 0 Å². The molecular weight excluding hydrogens is 360 g/mol. The van der Waals surface area contributed by atoms with Gasteiger partial charge < -0.3 is 9.30 Å². The van der Waals surface area contributed by atoms with Crippen LogP contribution in [0.1, 0.15) is 28.2 Å². The van der Waals surface area contributed by atoms with Crippen LogP contribution in [0.2, 0.25) is 0 Å². The quantitative estimate of drug-likeness (QED) is 0.649. The third-order valence-electron chi connectivity index (χ3n) is 4.22. The largest absolute Gasteiger partial charge is 0.462 e. The highest BCUT2D eigenvalue weighted by atomic mass is 32.2. The lowest BCUT2D eigenvalue weighted by Gasteiger charge is -2.35. The van der Waals surface area contributed by atoms with E-state index in [4.69, 9.17) is 4.74 Å². The summed E-state index contributed by atoms with van der Waals surface area (Å²) < 4.78 is 34.2. The third-order valence-corrected chi connectivity index (χ3v) is 5.55. The average Bonchev–Trinajstić information content (AvgIpc) is 2.60.